The first-order valence-electron chi connectivity index (χ1n) is 6.56. The number of aliphatic hydroxyl groups is 1. The third-order valence-electron chi connectivity index (χ3n) is 3.58. The summed E-state index contributed by atoms with van der Waals surface area (Å²) in [4.78, 5) is 4.82. The van der Waals surface area contributed by atoms with Crippen LogP contribution in [0.15, 0.2) is 0 Å². The second kappa shape index (κ2) is 6.58. The second-order valence-corrected chi connectivity index (χ2v) is 5.68. The largest absolute Gasteiger partial charge is 0.393 e. The summed E-state index contributed by atoms with van der Waals surface area (Å²) >= 11 is 0. The van der Waals surface area contributed by atoms with Gasteiger partial charge in [0.1, 0.15) is 0 Å². The molecule has 96 valence electrons. The normalized spacial score (nSPS) is 23.6. The number of aliphatic hydroxyl groups excluding tert-OH is 1. The van der Waals surface area contributed by atoms with Crippen LogP contribution in [0.4, 0.5) is 0 Å². The Bertz CT molecular complexity index is 186. The van der Waals surface area contributed by atoms with Crippen molar-refractivity contribution in [3.8, 4) is 0 Å². The van der Waals surface area contributed by atoms with Gasteiger partial charge < -0.3 is 14.9 Å². The van der Waals surface area contributed by atoms with Crippen LogP contribution >= 0.6 is 0 Å². The maximum absolute atomic E-state index is 9.39. The minimum absolute atomic E-state index is 0.172. The molecule has 3 heteroatoms. The molecular weight excluding hydrogens is 200 g/mol. The van der Waals surface area contributed by atoms with E-state index in [-0.39, 0.29) is 6.10 Å². The average molecular weight is 228 g/mol. The Labute approximate surface area is 100 Å². The van der Waals surface area contributed by atoms with Crippen molar-refractivity contribution >= 4 is 0 Å². The molecule has 0 aliphatic carbocycles. The predicted octanol–water partition coefficient (Wildman–Crippen LogP) is 1.42. The van der Waals surface area contributed by atoms with E-state index >= 15 is 0 Å². The van der Waals surface area contributed by atoms with Crippen LogP contribution in [0.25, 0.3) is 0 Å². The first kappa shape index (κ1) is 13.9. The third-order valence-corrected chi connectivity index (χ3v) is 3.58. The first-order valence-corrected chi connectivity index (χ1v) is 6.56. The lowest BCUT2D eigenvalue weighted by atomic mass is 9.95. The molecule has 0 saturated carbocycles. The molecule has 1 N–H and O–H groups in total. The van der Waals surface area contributed by atoms with Gasteiger partial charge in [-0.1, -0.05) is 0 Å². The van der Waals surface area contributed by atoms with Crippen LogP contribution in [0.2, 0.25) is 0 Å². The van der Waals surface area contributed by atoms with E-state index in [0.717, 1.165) is 12.3 Å². The quantitative estimate of drug-likeness (QED) is 0.771. The molecule has 2 unspecified atom stereocenters. The van der Waals surface area contributed by atoms with E-state index in [1.165, 1.54) is 32.5 Å². The van der Waals surface area contributed by atoms with E-state index in [1.54, 1.807) is 0 Å². The summed E-state index contributed by atoms with van der Waals surface area (Å²) in [6, 6.07) is 0.528. The zero-order valence-corrected chi connectivity index (χ0v) is 11.3. The molecule has 1 fully saturated rings. The van der Waals surface area contributed by atoms with Gasteiger partial charge in [-0.3, -0.25) is 0 Å². The van der Waals surface area contributed by atoms with Gasteiger partial charge in [-0.05, 0) is 66.2 Å². The number of hydrogen-bond acceptors (Lipinski definition) is 3. The van der Waals surface area contributed by atoms with E-state index in [4.69, 9.17) is 0 Å². The molecule has 1 heterocycles. The Morgan fingerprint density at radius 3 is 2.25 bits per heavy atom. The SMILES string of the molecule is CC(O)CC(C)N1CCC(CN(C)C)CC1. The summed E-state index contributed by atoms with van der Waals surface area (Å²) < 4.78 is 0. The van der Waals surface area contributed by atoms with Crippen molar-refractivity contribution in [3.05, 3.63) is 0 Å². The molecule has 0 aromatic heterocycles. The summed E-state index contributed by atoms with van der Waals surface area (Å²) in [6.45, 7) is 7.74. The molecule has 3 nitrogen and oxygen atoms in total. The summed E-state index contributed by atoms with van der Waals surface area (Å²) in [6.07, 6.45) is 3.35. The molecule has 1 aliphatic rings. The van der Waals surface area contributed by atoms with Crippen molar-refractivity contribution in [1.29, 1.82) is 0 Å². The molecule has 0 aromatic carbocycles. The molecule has 2 atom stereocenters. The smallest absolute Gasteiger partial charge is 0.0526 e. The number of piperidine rings is 1. The minimum atomic E-state index is -0.172. The van der Waals surface area contributed by atoms with Gasteiger partial charge in [-0.15, -0.1) is 0 Å². The lowest BCUT2D eigenvalue weighted by Gasteiger charge is -2.37. The zero-order chi connectivity index (χ0) is 12.1. The lowest BCUT2D eigenvalue weighted by Crippen LogP contribution is -2.42. The van der Waals surface area contributed by atoms with Crippen molar-refractivity contribution in [2.24, 2.45) is 5.92 Å². The molecule has 0 amide bonds. The van der Waals surface area contributed by atoms with Crippen LogP contribution in [0.5, 0.6) is 0 Å². The van der Waals surface area contributed by atoms with Crippen molar-refractivity contribution in [2.75, 3.05) is 33.7 Å². The fourth-order valence-electron chi connectivity index (χ4n) is 2.74. The van der Waals surface area contributed by atoms with E-state index in [0.29, 0.717) is 6.04 Å². The van der Waals surface area contributed by atoms with Gasteiger partial charge in [-0.25, -0.2) is 0 Å². The van der Waals surface area contributed by atoms with Crippen molar-refractivity contribution in [3.63, 3.8) is 0 Å². The molecule has 0 spiro atoms. The van der Waals surface area contributed by atoms with Gasteiger partial charge in [-0.2, -0.15) is 0 Å². The van der Waals surface area contributed by atoms with E-state index in [1.807, 2.05) is 6.92 Å². The van der Waals surface area contributed by atoms with Crippen molar-refractivity contribution in [1.82, 2.24) is 9.80 Å². The zero-order valence-electron chi connectivity index (χ0n) is 11.3. The van der Waals surface area contributed by atoms with Gasteiger partial charge in [0.25, 0.3) is 0 Å². The molecule has 1 saturated heterocycles. The van der Waals surface area contributed by atoms with Gasteiger partial charge >= 0.3 is 0 Å². The van der Waals surface area contributed by atoms with Gasteiger partial charge in [0, 0.05) is 12.6 Å². The van der Waals surface area contributed by atoms with E-state index < -0.39 is 0 Å². The summed E-state index contributed by atoms with van der Waals surface area (Å²) in [5.74, 6) is 0.866. The highest BCUT2D eigenvalue weighted by Gasteiger charge is 2.23. The van der Waals surface area contributed by atoms with Gasteiger partial charge in [0.15, 0.2) is 0 Å². The van der Waals surface area contributed by atoms with Crippen LogP contribution in [0, 0.1) is 5.92 Å². The summed E-state index contributed by atoms with van der Waals surface area (Å²) in [5, 5.41) is 9.39. The highest BCUT2D eigenvalue weighted by Crippen LogP contribution is 2.20. The van der Waals surface area contributed by atoms with Gasteiger partial charge in [0.05, 0.1) is 6.10 Å². The highest BCUT2D eigenvalue weighted by molar-refractivity contribution is 4.78. The summed E-state index contributed by atoms with van der Waals surface area (Å²) in [7, 11) is 4.31. The monoisotopic (exact) mass is 228 g/mol. The van der Waals surface area contributed by atoms with Crippen LogP contribution in [0.3, 0.4) is 0 Å². The van der Waals surface area contributed by atoms with E-state index in [2.05, 4.69) is 30.8 Å². The number of rotatable bonds is 5. The topological polar surface area (TPSA) is 26.7 Å². The second-order valence-electron chi connectivity index (χ2n) is 5.68. The Hall–Kier alpha value is -0.120. The van der Waals surface area contributed by atoms with Crippen molar-refractivity contribution in [2.45, 2.75) is 45.3 Å². The number of nitrogens with zero attached hydrogens (tertiary/aromatic N) is 2. The molecule has 0 bridgehead atoms. The number of hydrogen-bond donors (Lipinski definition) is 1. The Balaban J connectivity index is 2.25. The predicted molar refractivity (Wildman–Crippen MR) is 68.6 cm³/mol. The first-order chi connectivity index (χ1) is 7.49. The van der Waals surface area contributed by atoms with Crippen LogP contribution < -0.4 is 0 Å². The van der Waals surface area contributed by atoms with Crippen LogP contribution in [-0.4, -0.2) is 60.8 Å². The fourth-order valence-corrected chi connectivity index (χ4v) is 2.74. The average Bonchev–Trinajstić information content (AvgIpc) is 2.16. The molecule has 0 radical (unpaired) electrons. The lowest BCUT2D eigenvalue weighted by molar-refractivity contribution is 0.0871. The van der Waals surface area contributed by atoms with Gasteiger partial charge in [0.2, 0.25) is 0 Å². The Morgan fingerprint density at radius 2 is 1.81 bits per heavy atom. The molecule has 1 rings (SSSR count). The third kappa shape index (κ3) is 4.81. The maximum Gasteiger partial charge on any atom is 0.0526 e. The van der Waals surface area contributed by atoms with Crippen LogP contribution in [-0.2, 0) is 0 Å². The van der Waals surface area contributed by atoms with Crippen molar-refractivity contribution < 1.29 is 5.11 Å². The summed E-state index contributed by atoms with van der Waals surface area (Å²) in [5.41, 5.74) is 0. The number of likely N-dealkylation sites (tertiary alicyclic amines) is 1. The Morgan fingerprint density at radius 1 is 1.25 bits per heavy atom. The van der Waals surface area contributed by atoms with E-state index in [9.17, 15) is 5.11 Å². The minimum Gasteiger partial charge on any atom is -0.393 e. The molecule has 0 aromatic rings. The Kier molecular flexibility index (Phi) is 5.73. The highest BCUT2D eigenvalue weighted by atomic mass is 16.3. The standard InChI is InChI=1S/C13H28N2O/c1-11(9-12(2)16)15-7-5-13(6-8-15)10-14(3)4/h11-13,16H,5-10H2,1-4H3. The fraction of sp³-hybridized carbons (Fsp3) is 1.00. The van der Waals surface area contributed by atoms with Crippen LogP contribution in [0.1, 0.15) is 33.1 Å². The molecule has 1 aliphatic heterocycles. The molecular formula is C13H28N2O. The maximum atomic E-state index is 9.39. The molecule has 16 heavy (non-hydrogen) atoms.